The Morgan fingerprint density at radius 3 is 2.30 bits per heavy atom. The third kappa shape index (κ3) is 6.60. The van der Waals surface area contributed by atoms with Crippen LogP contribution in [0.5, 0.6) is 0 Å². The van der Waals surface area contributed by atoms with E-state index >= 15 is 0 Å². The lowest BCUT2D eigenvalue weighted by atomic mass is 9.80. The van der Waals surface area contributed by atoms with Crippen LogP contribution >= 0.6 is 0 Å². The van der Waals surface area contributed by atoms with Gasteiger partial charge in [0.05, 0.1) is 36.4 Å². The van der Waals surface area contributed by atoms with Crippen molar-refractivity contribution in [2.45, 2.75) is 81.6 Å². The summed E-state index contributed by atoms with van der Waals surface area (Å²) in [5.41, 5.74) is 20.1. The molecule has 3 unspecified atom stereocenters. The van der Waals surface area contributed by atoms with Crippen LogP contribution in [0, 0.1) is 5.92 Å². The molecule has 11 nitrogen and oxygen atoms in total. The van der Waals surface area contributed by atoms with Crippen LogP contribution in [-0.2, 0) is 16.0 Å². The van der Waals surface area contributed by atoms with Gasteiger partial charge in [0.15, 0.2) is 6.29 Å². The first-order chi connectivity index (χ1) is 18.0. The maximum atomic E-state index is 10.8. The van der Waals surface area contributed by atoms with E-state index in [1.807, 2.05) is 55.5 Å². The molecular weight excluding hydrogens is 474 g/mol. The van der Waals surface area contributed by atoms with Gasteiger partial charge in [0.25, 0.3) is 0 Å². The zero-order chi connectivity index (χ0) is 26.2. The van der Waals surface area contributed by atoms with Crippen LogP contribution in [0.4, 0.5) is 0 Å². The molecule has 2 aromatic carbocycles. The summed E-state index contributed by atoms with van der Waals surface area (Å²) in [6.07, 6.45) is -3.02. The van der Waals surface area contributed by atoms with E-state index in [2.05, 4.69) is 37.5 Å². The molecular formula is C26H33N7O4. The van der Waals surface area contributed by atoms with Crippen LogP contribution < -0.4 is 5.32 Å². The molecule has 1 aliphatic heterocycles. The Kier molecular flexibility index (Phi) is 9.38. The summed E-state index contributed by atoms with van der Waals surface area (Å²) in [6, 6.07) is 18.6. The molecule has 0 spiro atoms. The molecule has 3 N–H and O–H groups in total. The number of hydrogen-bond acceptors (Lipinski definition) is 7. The summed E-state index contributed by atoms with van der Waals surface area (Å²) in [4.78, 5) is 5.76. The van der Waals surface area contributed by atoms with Gasteiger partial charge >= 0.3 is 0 Å². The Morgan fingerprint density at radius 1 is 0.973 bits per heavy atom. The number of aliphatic hydroxyl groups excluding tert-OH is 2. The summed E-state index contributed by atoms with van der Waals surface area (Å²) < 4.78 is 12.7. The van der Waals surface area contributed by atoms with E-state index in [0.29, 0.717) is 25.8 Å². The van der Waals surface area contributed by atoms with Crippen LogP contribution in [0.3, 0.4) is 0 Å². The summed E-state index contributed by atoms with van der Waals surface area (Å²) in [5, 5.41) is 32.4. The molecule has 0 amide bonds. The molecule has 1 aliphatic carbocycles. The van der Waals surface area contributed by atoms with Crippen molar-refractivity contribution < 1.29 is 19.7 Å². The zero-order valence-electron chi connectivity index (χ0n) is 20.7. The Balaban J connectivity index is 1.53. The van der Waals surface area contributed by atoms with Gasteiger partial charge in [-0.15, -0.1) is 0 Å². The van der Waals surface area contributed by atoms with Gasteiger partial charge in [-0.25, -0.2) is 0 Å². The second kappa shape index (κ2) is 12.9. The molecule has 196 valence electrons. The smallest absolute Gasteiger partial charge is 0.167 e. The van der Waals surface area contributed by atoms with E-state index in [9.17, 15) is 10.2 Å². The van der Waals surface area contributed by atoms with Crippen molar-refractivity contribution in [3.63, 3.8) is 0 Å². The van der Waals surface area contributed by atoms with Crippen LogP contribution in [0.1, 0.15) is 43.4 Å². The molecule has 9 atom stereocenters. The third-order valence-corrected chi connectivity index (χ3v) is 7.22. The van der Waals surface area contributed by atoms with E-state index in [0.717, 1.165) is 11.1 Å². The predicted molar refractivity (Wildman–Crippen MR) is 137 cm³/mol. The minimum Gasteiger partial charge on any atom is -0.390 e. The Bertz CT molecular complexity index is 1090. The largest absolute Gasteiger partial charge is 0.390 e. The summed E-state index contributed by atoms with van der Waals surface area (Å²) in [6.45, 7) is 2.49. The predicted octanol–water partition coefficient (Wildman–Crippen LogP) is 4.53. The van der Waals surface area contributed by atoms with E-state index in [4.69, 9.17) is 20.5 Å². The monoisotopic (exact) mass is 507 g/mol. The first-order valence-corrected chi connectivity index (χ1v) is 12.6. The molecule has 0 aromatic heterocycles. The third-order valence-electron chi connectivity index (χ3n) is 7.22. The van der Waals surface area contributed by atoms with Crippen molar-refractivity contribution in [3.8, 4) is 0 Å². The molecule has 2 aliphatic rings. The van der Waals surface area contributed by atoms with Gasteiger partial charge in [0.2, 0.25) is 0 Å². The Hall–Kier alpha value is -3.14. The Labute approximate surface area is 215 Å². The maximum absolute atomic E-state index is 10.8. The van der Waals surface area contributed by atoms with Gasteiger partial charge < -0.3 is 25.0 Å². The molecule has 1 heterocycles. The zero-order valence-corrected chi connectivity index (χ0v) is 20.7. The number of hydrogen-bond donors (Lipinski definition) is 3. The van der Waals surface area contributed by atoms with Gasteiger partial charge in [0.1, 0.15) is 6.10 Å². The number of nitrogens with one attached hydrogen (secondary N) is 1. The van der Waals surface area contributed by atoms with Gasteiger partial charge in [-0.1, -0.05) is 77.8 Å². The van der Waals surface area contributed by atoms with Crippen LogP contribution in [0.2, 0.25) is 0 Å². The van der Waals surface area contributed by atoms with Crippen molar-refractivity contribution in [2.24, 2.45) is 16.1 Å². The molecule has 11 heteroatoms. The molecule has 1 saturated carbocycles. The highest BCUT2D eigenvalue weighted by molar-refractivity contribution is 5.22. The van der Waals surface area contributed by atoms with E-state index in [-0.39, 0.29) is 18.1 Å². The molecule has 4 rings (SSSR count). The lowest BCUT2D eigenvalue weighted by Crippen LogP contribution is -2.56. The number of azide groups is 2. The number of nitrogens with zero attached hydrogens (tertiary/aromatic N) is 6. The highest BCUT2D eigenvalue weighted by atomic mass is 16.7. The van der Waals surface area contributed by atoms with Gasteiger partial charge in [-0.2, -0.15) is 0 Å². The molecule has 1 saturated heterocycles. The fourth-order valence-corrected chi connectivity index (χ4v) is 5.26. The van der Waals surface area contributed by atoms with Crippen LogP contribution in [0.25, 0.3) is 20.9 Å². The lowest BCUT2D eigenvalue weighted by molar-refractivity contribution is -0.263. The average molecular weight is 508 g/mol. The first-order valence-electron chi connectivity index (χ1n) is 12.6. The van der Waals surface area contributed by atoms with Crippen molar-refractivity contribution in [3.05, 3.63) is 92.7 Å². The average Bonchev–Trinajstić information content (AvgIpc) is 2.92. The minimum absolute atomic E-state index is 0.159. The van der Waals surface area contributed by atoms with Gasteiger partial charge in [-0.05, 0) is 47.4 Å². The highest BCUT2D eigenvalue weighted by Crippen LogP contribution is 2.36. The van der Waals surface area contributed by atoms with E-state index in [1.54, 1.807) is 0 Å². The summed E-state index contributed by atoms with van der Waals surface area (Å²) >= 11 is 0. The second-order valence-electron chi connectivity index (χ2n) is 9.71. The SMILES string of the molecule is C[C@H]1CC(N=[N+]=[N-])[C@H](O)[C@@H](O)[C@@H]1O[C@H]1OC([C@H](NCc2ccccc2)c2ccccc2)CCC1N=[N+]=[N-]. The fourth-order valence-electron chi connectivity index (χ4n) is 5.26. The molecule has 0 bridgehead atoms. The number of aliphatic hydroxyl groups is 2. The topological polar surface area (TPSA) is 168 Å². The highest BCUT2D eigenvalue weighted by Gasteiger charge is 2.45. The first kappa shape index (κ1) is 26.9. The van der Waals surface area contributed by atoms with Crippen LogP contribution in [-0.4, -0.2) is 53.0 Å². The van der Waals surface area contributed by atoms with Gasteiger partial charge in [0, 0.05) is 16.4 Å². The lowest BCUT2D eigenvalue weighted by Gasteiger charge is -2.44. The normalized spacial score (nSPS) is 32.5. The van der Waals surface area contributed by atoms with Crippen molar-refractivity contribution in [1.29, 1.82) is 0 Å². The van der Waals surface area contributed by atoms with E-state index < -0.39 is 36.7 Å². The molecule has 2 fully saturated rings. The number of benzene rings is 2. The maximum Gasteiger partial charge on any atom is 0.167 e. The number of ether oxygens (including phenoxy) is 2. The van der Waals surface area contributed by atoms with Crippen LogP contribution in [0.15, 0.2) is 70.9 Å². The quantitative estimate of drug-likeness (QED) is 0.257. The Morgan fingerprint density at radius 2 is 1.62 bits per heavy atom. The van der Waals surface area contributed by atoms with Crippen molar-refractivity contribution in [2.75, 3.05) is 0 Å². The van der Waals surface area contributed by atoms with Crippen molar-refractivity contribution in [1.82, 2.24) is 5.32 Å². The van der Waals surface area contributed by atoms with Gasteiger partial charge in [-0.3, -0.25) is 0 Å². The molecule has 37 heavy (non-hydrogen) atoms. The minimum atomic E-state index is -1.28. The van der Waals surface area contributed by atoms with Crippen molar-refractivity contribution >= 4 is 0 Å². The summed E-state index contributed by atoms with van der Waals surface area (Å²) in [7, 11) is 0. The standard InChI is InChI=1S/C26H33N7O4/c1-16-14-20(31-33-28)23(34)24(35)25(16)37-26-19(30-32-27)12-13-21(36-26)22(18-10-6-3-7-11-18)29-15-17-8-4-2-5-9-17/h2-11,16,19-26,29,34-35H,12-15H2,1H3/t16-,19?,20?,21?,22+,23-,24+,25+,26+/m0/s1. The fraction of sp³-hybridized carbons (Fsp3) is 0.538. The van der Waals surface area contributed by atoms with E-state index in [1.165, 1.54) is 0 Å². The number of rotatable bonds is 9. The molecule has 0 radical (unpaired) electrons. The molecule has 2 aromatic rings. The second-order valence-corrected chi connectivity index (χ2v) is 9.71. The summed E-state index contributed by atoms with van der Waals surface area (Å²) in [5.74, 6) is -0.231.